The summed E-state index contributed by atoms with van der Waals surface area (Å²) >= 11 is 6.08. The number of hydrogen-bond acceptors (Lipinski definition) is 4. The quantitative estimate of drug-likeness (QED) is 0.334. The van der Waals surface area contributed by atoms with E-state index in [1.807, 2.05) is 51.1 Å². The Morgan fingerprint density at radius 3 is 2.10 bits per heavy atom. The summed E-state index contributed by atoms with van der Waals surface area (Å²) in [7, 11) is -3.80. The second-order valence-corrected chi connectivity index (χ2v) is 12.1. The maximum atomic E-state index is 14.0. The molecule has 0 aliphatic carbocycles. The van der Waals surface area contributed by atoms with E-state index in [9.17, 15) is 18.0 Å². The molecule has 0 fully saturated rings. The van der Waals surface area contributed by atoms with Gasteiger partial charge in [0, 0.05) is 24.0 Å². The fourth-order valence-corrected chi connectivity index (χ4v) is 5.08. The van der Waals surface area contributed by atoms with Gasteiger partial charge in [0.2, 0.25) is 21.8 Å². The number of aryl methyl sites for hydroxylation is 1. The van der Waals surface area contributed by atoms with Gasteiger partial charge in [-0.25, -0.2) is 8.42 Å². The minimum absolute atomic E-state index is 0.0941. The summed E-state index contributed by atoms with van der Waals surface area (Å²) < 4.78 is 26.7. The van der Waals surface area contributed by atoms with E-state index in [1.165, 1.54) is 4.90 Å². The number of nitrogens with one attached hydrogen (secondary N) is 1. The van der Waals surface area contributed by atoms with Gasteiger partial charge in [0.1, 0.15) is 12.6 Å². The summed E-state index contributed by atoms with van der Waals surface area (Å²) in [6.45, 7) is 5.44. The van der Waals surface area contributed by atoms with Crippen molar-refractivity contribution in [1.29, 1.82) is 0 Å². The van der Waals surface area contributed by atoms with Crippen molar-refractivity contribution in [2.75, 3.05) is 17.1 Å². The van der Waals surface area contributed by atoms with Crippen LogP contribution in [0.15, 0.2) is 78.9 Å². The van der Waals surface area contributed by atoms with Gasteiger partial charge < -0.3 is 10.2 Å². The Hall–Kier alpha value is -3.36. The Balaban J connectivity index is 2.04. The minimum Gasteiger partial charge on any atom is -0.352 e. The van der Waals surface area contributed by atoms with Crippen molar-refractivity contribution in [3.05, 3.63) is 101 Å². The van der Waals surface area contributed by atoms with Crippen LogP contribution in [0.1, 0.15) is 37.0 Å². The molecule has 2 atom stereocenters. The Morgan fingerprint density at radius 2 is 1.54 bits per heavy atom. The smallest absolute Gasteiger partial charge is 0.244 e. The van der Waals surface area contributed by atoms with Crippen molar-refractivity contribution in [1.82, 2.24) is 10.2 Å². The fourth-order valence-electron chi connectivity index (χ4n) is 4.11. The molecular formula is C30H36ClN3O4S. The first-order chi connectivity index (χ1) is 18.5. The summed E-state index contributed by atoms with van der Waals surface area (Å²) in [5, 5.41) is 3.57. The van der Waals surface area contributed by atoms with Crippen LogP contribution in [0.25, 0.3) is 0 Å². The number of benzene rings is 3. The molecule has 0 unspecified atom stereocenters. The van der Waals surface area contributed by atoms with Gasteiger partial charge in [-0.15, -0.1) is 0 Å². The van der Waals surface area contributed by atoms with Gasteiger partial charge in [0.05, 0.1) is 11.9 Å². The number of halogens is 1. The second-order valence-electron chi connectivity index (χ2n) is 9.78. The van der Waals surface area contributed by atoms with Crippen molar-refractivity contribution < 1.29 is 18.0 Å². The van der Waals surface area contributed by atoms with Gasteiger partial charge in [0.15, 0.2) is 0 Å². The van der Waals surface area contributed by atoms with Crippen molar-refractivity contribution in [2.24, 2.45) is 0 Å². The molecule has 0 spiro atoms. The van der Waals surface area contributed by atoms with Crippen LogP contribution in [0.3, 0.4) is 0 Å². The molecule has 0 radical (unpaired) electrons. The molecule has 1 N–H and O–H groups in total. The maximum Gasteiger partial charge on any atom is 0.244 e. The number of hydrogen-bond donors (Lipinski definition) is 1. The summed E-state index contributed by atoms with van der Waals surface area (Å²) in [6.07, 6.45) is 2.07. The number of rotatable bonds is 12. The lowest BCUT2D eigenvalue weighted by Gasteiger charge is -2.34. The number of sulfonamides is 1. The lowest BCUT2D eigenvalue weighted by molar-refractivity contribution is -0.140. The summed E-state index contributed by atoms with van der Waals surface area (Å²) in [5.74, 6) is -0.784. The first-order valence-corrected chi connectivity index (χ1v) is 15.1. The second kappa shape index (κ2) is 13.6. The molecule has 0 aliphatic rings. The van der Waals surface area contributed by atoms with Gasteiger partial charge in [-0.2, -0.15) is 0 Å². The van der Waals surface area contributed by atoms with Crippen molar-refractivity contribution in [3.8, 4) is 0 Å². The molecule has 0 aliphatic heterocycles. The highest BCUT2D eigenvalue weighted by Gasteiger charge is 2.33. The zero-order valence-corrected chi connectivity index (χ0v) is 24.4. The van der Waals surface area contributed by atoms with Crippen LogP contribution in [-0.4, -0.2) is 50.0 Å². The van der Waals surface area contributed by atoms with E-state index in [0.29, 0.717) is 10.7 Å². The highest BCUT2D eigenvalue weighted by Crippen LogP contribution is 2.21. The highest BCUT2D eigenvalue weighted by molar-refractivity contribution is 7.92. The normalized spacial score (nSPS) is 12.8. The van der Waals surface area contributed by atoms with Crippen LogP contribution < -0.4 is 9.62 Å². The largest absolute Gasteiger partial charge is 0.352 e. The van der Waals surface area contributed by atoms with Crippen LogP contribution >= 0.6 is 11.6 Å². The monoisotopic (exact) mass is 569 g/mol. The topological polar surface area (TPSA) is 86.8 Å². The van der Waals surface area contributed by atoms with Crippen molar-refractivity contribution in [3.63, 3.8) is 0 Å². The minimum atomic E-state index is -3.80. The molecule has 0 aromatic heterocycles. The third-order valence-electron chi connectivity index (χ3n) is 6.54. The van der Waals surface area contributed by atoms with Gasteiger partial charge in [-0.1, -0.05) is 78.7 Å². The molecule has 0 saturated heterocycles. The van der Waals surface area contributed by atoms with E-state index < -0.39 is 28.5 Å². The van der Waals surface area contributed by atoms with E-state index in [4.69, 9.17) is 11.6 Å². The predicted molar refractivity (Wildman–Crippen MR) is 157 cm³/mol. The van der Waals surface area contributed by atoms with Crippen molar-refractivity contribution >= 4 is 39.1 Å². The summed E-state index contributed by atoms with van der Waals surface area (Å²) in [4.78, 5) is 29.1. The molecular weight excluding hydrogens is 534 g/mol. The number of carbonyl (C=O) groups is 2. The van der Waals surface area contributed by atoms with Crippen LogP contribution in [0.4, 0.5) is 5.69 Å². The third-order valence-corrected chi connectivity index (χ3v) is 7.93. The third kappa shape index (κ3) is 8.83. The average Bonchev–Trinajstić information content (AvgIpc) is 2.90. The number of carbonyl (C=O) groups excluding carboxylic acids is 2. The maximum absolute atomic E-state index is 14.0. The molecule has 9 heteroatoms. The Bertz CT molecular complexity index is 1350. The molecule has 3 rings (SSSR count). The molecule has 3 aromatic carbocycles. The molecule has 0 bridgehead atoms. The molecule has 2 amide bonds. The van der Waals surface area contributed by atoms with Gasteiger partial charge in [-0.05, 0) is 55.7 Å². The van der Waals surface area contributed by atoms with Crippen LogP contribution in [0.5, 0.6) is 0 Å². The molecule has 3 aromatic rings. The zero-order valence-electron chi connectivity index (χ0n) is 22.8. The SMILES string of the molecule is CC[C@@H](C)NC(=O)[C@@H](Cc1ccccc1)N(Cc1ccc(Cl)cc1)C(=O)CN(c1ccc(C)cc1)S(C)(=O)=O. The Kier molecular flexibility index (Phi) is 10.5. The van der Waals surface area contributed by atoms with Crippen LogP contribution in [0.2, 0.25) is 5.02 Å². The van der Waals surface area contributed by atoms with E-state index in [0.717, 1.165) is 33.7 Å². The van der Waals surface area contributed by atoms with Crippen LogP contribution in [0, 0.1) is 6.92 Å². The summed E-state index contributed by atoms with van der Waals surface area (Å²) in [5.41, 5.74) is 3.00. The van der Waals surface area contributed by atoms with Gasteiger partial charge in [-0.3, -0.25) is 13.9 Å². The number of anilines is 1. The van der Waals surface area contributed by atoms with Crippen molar-refractivity contribution in [2.45, 2.75) is 52.2 Å². The number of amides is 2. The van der Waals surface area contributed by atoms with Gasteiger partial charge in [0.25, 0.3) is 0 Å². The first kappa shape index (κ1) is 30.2. The average molecular weight is 570 g/mol. The molecule has 7 nitrogen and oxygen atoms in total. The highest BCUT2D eigenvalue weighted by atomic mass is 35.5. The van der Waals surface area contributed by atoms with Gasteiger partial charge >= 0.3 is 0 Å². The van der Waals surface area contributed by atoms with Crippen LogP contribution in [-0.2, 0) is 32.6 Å². The van der Waals surface area contributed by atoms with E-state index in [-0.39, 0.29) is 24.9 Å². The standard InChI is InChI=1S/C30H36ClN3O4S/c1-5-23(3)32-30(36)28(19-24-9-7-6-8-10-24)33(20-25-13-15-26(31)16-14-25)29(35)21-34(39(4,37)38)27-17-11-22(2)12-18-27/h6-18,23,28H,5,19-21H2,1-4H3,(H,32,36)/t23-,28-/m1/s1. The van der Waals surface area contributed by atoms with E-state index >= 15 is 0 Å². The lowest BCUT2D eigenvalue weighted by Crippen LogP contribution is -2.54. The summed E-state index contributed by atoms with van der Waals surface area (Å²) in [6, 6.07) is 22.5. The fraction of sp³-hybridized carbons (Fsp3) is 0.333. The molecule has 0 saturated carbocycles. The predicted octanol–water partition coefficient (Wildman–Crippen LogP) is 4.97. The van der Waals surface area contributed by atoms with E-state index in [2.05, 4.69) is 5.32 Å². The molecule has 39 heavy (non-hydrogen) atoms. The Morgan fingerprint density at radius 1 is 0.923 bits per heavy atom. The van der Waals surface area contributed by atoms with E-state index in [1.54, 1.807) is 48.5 Å². The zero-order chi connectivity index (χ0) is 28.6. The molecule has 0 heterocycles. The Labute approximate surface area is 236 Å². The lowest BCUT2D eigenvalue weighted by atomic mass is 10.0. The number of nitrogens with zero attached hydrogens (tertiary/aromatic N) is 2. The first-order valence-electron chi connectivity index (χ1n) is 12.9. The molecule has 208 valence electrons.